The Hall–Kier alpha value is -0.360. The summed E-state index contributed by atoms with van der Waals surface area (Å²) in [5.74, 6) is 4.20. The standard InChI is InChI=1S/C19H36O4S2/c1-16(20)23-15-19(4,5)9-13-25-11-7-10-24-12-8-18(2,3)14-17(21)22-6/h7-15H2,1-6H3. The molecule has 0 N–H and O–H groups in total. The molecule has 0 fully saturated rings. The van der Waals surface area contributed by atoms with Crippen LogP contribution in [0.3, 0.4) is 0 Å². The summed E-state index contributed by atoms with van der Waals surface area (Å²) in [4.78, 5) is 22.2. The van der Waals surface area contributed by atoms with Crippen LogP contribution >= 0.6 is 23.5 Å². The smallest absolute Gasteiger partial charge is 0.306 e. The molecule has 0 saturated heterocycles. The van der Waals surface area contributed by atoms with Gasteiger partial charge in [-0.3, -0.25) is 9.59 Å². The first-order valence-corrected chi connectivity index (χ1v) is 11.2. The predicted molar refractivity (Wildman–Crippen MR) is 109 cm³/mol. The number of rotatable bonds is 14. The molecule has 0 aliphatic rings. The third-order valence-corrected chi connectivity index (χ3v) is 6.08. The molecular formula is C19H36O4S2. The number of thioether (sulfide) groups is 2. The Morgan fingerprint density at radius 1 is 0.880 bits per heavy atom. The number of hydrogen-bond acceptors (Lipinski definition) is 6. The number of methoxy groups -OCH3 is 1. The lowest BCUT2D eigenvalue weighted by atomic mass is 9.86. The average Bonchev–Trinajstić information content (AvgIpc) is 2.50. The Kier molecular flexibility index (Phi) is 12.7. The molecule has 0 aromatic carbocycles. The fourth-order valence-corrected chi connectivity index (χ4v) is 4.77. The molecule has 0 aliphatic carbocycles. The second kappa shape index (κ2) is 12.9. The Bertz CT molecular complexity index is 395. The summed E-state index contributed by atoms with van der Waals surface area (Å²) in [5, 5.41) is 0. The third-order valence-electron chi connectivity index (χ3n) is 3.94. The van der Waals surface area contributed by atoms with E-state index in [1.165, 1.54) is 26.2 Å². The lowest BCUT2D eigenvalue weighted by Gasteiger charge is -2.23. The van der Waals surface area contributed by atoms with Crippen molar-refractivity contribution in [2.75, 3.05) is 36.7 Å². The van der Waals surface area contributed by atoms with Gasteiger partial charge in [-0.15, -0.1) is 0 Å². The van der Waals surface area contributed by atoms with E-state index in [1.54, 1.807) is 0 Å². The summed E-state index contributed by atoms with van der Waals surface area (Å²) in [6, 6.07) is 0. The second-order valence-corrected chi connectivity index (χ2v) is 10.4. The molecule has 148 valence electrons. The van der Waals surface area contributed by atoms with Gasteiger partial charge < -0.3 is 9.47 Å². The highest BCUT2D eigenvalue weighted by Crippen LogP contribution is 2.28. The lowest BCUT2D eigenvalue weighted by Crippen LogP contribution is -2.21. The molecule has 0 saturated carbocycles. The molecular weight excluding hydrogens is 356 g/mol. The van der Waals surface area contributed by atoms with E-state index in [2.05, 4.69) is 27.7 Å². The maximum Gasteiger partial charge on any atom is 0.306 e. The van der Waals surface area contributed by atoms with Crippen molar-refractivity contribution >= 4 is 35.5 Å². The maximum absolute atomic E-state index is 11.4. The minimum Gasteiger partial charge on any atom is -0.469 e. The molecule has 0 unspecified atom stereocenters. The van der Waals surface area contributed by atoms with Gasteiger partial charge in [-0.2, -0.15) is 23.5 Å². The summed E-state index contributed by atoms with van der Waals surface area (Å²) in [6.45, 7) is 10.5. The van der Waals surface area contributed by atoms with Gasteiger partial charge in [0.25, 0.3) is 0 Å². The van der Waals surface area contributed by atoms with Crippen molar-refractivity contribution in [3.05, 3.63) is 0 Å². The summed E-state index contributed by atoms with van der Waals surface area (Å²) in [5.41, 5.74) is 0.0704. The van der Waals surface area contributed by atoms with Crippen LogP contribution in [0, 0.1) is 10.8 Å². The molecule has 0 aromatic heterocycles. The Morgan fingerprint density at radius 3 is 1.88 bits per heavy atom. The van der Waals surface area contributed by atoms with E-state index in [-0.39, 0.29) is 22.8 Å². The molecule has 0 aliphatic heterocycles. The fraction of sp³-hybridized carbons (Fsp3) is 0.895. The largest absolute Gasteiger partial charge is 0.469 e. The molecule has 0 rings (SSSR count). The Morgan fingerprint density at radius 2 is 1.40 bits per heavy atom. The van der Waals surface area contributed by atoms with Crippen LogP contribution in [0.2, 0.25) is 0 Å². The van der Waals surface area contributed by atoms with Crippen molar-refractivity contribution in [3.8, 4) is 0 Å². The molecule has 0 spiro atoms. The van der Waals surface area contributed by atoms with Crippen molar-refractivity contribution < 1.29 is 19.1 Å². The van der Waals surface area contributed by atoms with E-state index in [0.29, 0.717) is 13.0 Å². The average molecular weight is 393 g/mol. The third kappa shape index (κ3) is 15.6. The van der Waals surface area contributed by atoms with Crippen molar-refractivity contribution in [1.82, 2.24) is 0 Å². The fourth-order valence-electron chi connectivity index (χ4n) is 2.08. The monoisotopic (exact) mass is 392 g/mol. The van der Waals surface area contributed by atoms with E-state index >= 15 is 0 Å². The topological polar surface area (TPSA) is 52.6 Å². The molecule has 0 radical (unpaired) electrons. The number of carbonyl (C=O) groups excluding carboxylic acids is 2. The van der Waals surface area contributed by atoms with Crippen LogP contribution < -0.4 is 0 Å². The maximum atomic E-state index is 11.4. The zero-order chi connectivity index (χ0) is 19.3. The van der Waals surface area contributed by atoms with Crippen molar-refractivity contribution in [2.24, 2.45) is 10.8 Å². The van der Waals surface area contributed by atoms with E-state index in [0.717, 1.165) is 30.1 Å². The van der Waals surface area contributed by atoms with E-state index in [4.69, 9.17) is 9.47 Å². The number of hydrogen-bond donors (Lipinski definition) is 0. The van der Waals surface area contributed by atoms with Crippen LogP contribution in [0.25, 0.3) is 0 Å². The van der Waals surface area contributed by atoms with Gasteiger partial charge in [-0.1, -0.05) is 27.7 Å². The van der Waals surface area contributed by atoms with E-state index in [1.807, 2.05) is 23.5 Å². The normalized spacial score (nSPS) is 12.1. The highest BCUT2D eigenvalue weighted by atomic mass is 32.2. The number of ether oxygens (including phenoxy) is 2. The number of carbonyl (C=O) groups is 2. The van der Waals surface area contributed by atoms with Crippen molar-refractivity contribution in [2.45, 2.75) is 60.3 Å². The Balaban J connectivity index is 3.58. The molecule has 4 nitrogen and oxygen atoms in total. The quantitative estimate of drug-likeness (QED) is 0.312. The Labute approximate surface area is 162 Å². The first-order chi connectivity index (χ1) is 11.6. The molecule has 0 aromatic rings. The van der Waals surface area contributed by atoms with Gasteiger partial charge in [-0.05, 0) is 53.1 Å². The highest BCUT2D eigenvalue weighted by molar-refractivity contribution is 8.00. The van der Waals surface area contributed by atoms with Gasteiger partial charge in [0.2, 0.25) is 0 Å². The molecule has 0 bridgehead atoms. The van der Waals surface area contributed by atoms with Gasteiger partial charge in [0.15, 0.2) is 0 Å². The summed E-state index contributed by atoms with van der Waals surface area (Å²) in [7, 11) is 1.45. The van der Waals surface area contributed by atoms with Crippen LogP contribution in [-0.4, -0.2) is 48.7 Å². The van der Waals surface area contributed by atoms with Crippen molar-refractivity contribution in [3.63, 3.8) is 0 Å². The van der Waals surface area contributed by atoms with Gasteiger partial charge >= 0.3 is 11.9 Å². The van der Waals surface area contributed by atoms with Crippen LogP contribution in [0.15, 0.2) is 0 Å². The van der Waals surface area contributed by atoms with Gasteiger partial charge in [0.1, 0.15) is 0 Å². The zero-order valence-corrected chi connectivity index (χ0v) is 18.4. The first-order valence-electron chi connectivity index (χ1n) is 8.94. The number of esters is 2. The summed E-state index contributed by atoms with van der Waals surface area (Å²) in [6.07, 6.45) is 3.78. The summed E-state index contributed by atoms with van der Waals surface area (Å²) < 4.78 is 9.85. The zero-order valence-electron chi connectivity index (χ0n) is 16.8. The molecule has 25 heavy (non-hydrogen) atoms. The van der Waals surface area contributed by atoms with Crippen LogP contribution in [-0.2, 0) is 19.1 Å². The molecule has 0 heterocycles. The van der Waals surface area contributed by atoms with E-state index < -0.39 is 0 Å². The van der Waals surface area contributed by atoms with Crippen LogP contribution in [0.4, 0.5) is 0 Å². The van der Waals surface area contributed by atoms with Crippen molar-refractivity contribution in [1.29, 1.82) is 0 Å². The minimum absolute atomic E-state index is 0.0162. The van der Waals surface area contributed by atoms with Crippen LogP contribution in [0.1, 0.15) is 60.3 Å². The molecule has 0 atom stereocenters. The van der Waals surface area contributed by atoms with Gasteiger partial charge in [0.05, 0.1) is 20.1 Å². The first kappa shape index (κ1) is 24.6. The predicted octanol–water partition coefficient (Wildman–Crippen LogP) is 4.80. The minimum atomic E-state index is -0.201. The molecule has 0 amide bonds. The SMILES string of the molecule is COC(=O)CC(C)(C)CCSCCCSCCC(C)(C)COC(C)=O. The van der Waals surface area contributed by atoms with Gasteiger partial charge in [-0.25, -0.2) is 0 Å². The van der Waals surface area contributed by atoms with Gasteiger partial charge in [0, 0.05) is 6.92 Å². The lowest BCUT2D eigenvalue weighted by molar-refractivity contribution is -0.144. The van der Waals surface area contributed by atoms with Crippen LogP contribution in [0.5, 0.6) is 0 Å². The molecule has 6 heteroatoms. The summed E-state index contributed by atoms with van der Waals surface area (Å²) >= 11 is 3.94. The highest BCUT2D eigenvalue weighted by Gasteiger charge is 2.22. The second-order valence-electron chi connectivity index (χ2n) is 7.94. The van der Waals surface area contributed by atoms with E-state index in [9.17, 15) is 9.59 Å².